The van der Waals surface area contributed by atoms with E-state index in [1.807, 2.05) is 0 Å². The van der Waals surface area contributed by atoms with Crippen molar-refractivity contribution in [3.63, 3.8) is 0 Å². The lowest BCUT2D eigenvalue weighted by Gasteiger charge is -2.23. The number of rotatable bonds is 0. The van der Waals surface area contributed by atoms with Crippen LogP contribution in [0.2, 0.25) is 0 Å². The van der Waals surface area contributed by atoms with Gasteiger partial charge in [0.1, 0.15) is 0 Å². The second kappa shape index (κ2) is 2.28. The quantitative estimate of drug-likeness (QED) is 0.457. The predicted molar refractivity (Wildman–Crippen MR) is 34.5 cm³/mol. The van der Waals surface area contributed by atoms with Gasteiger partial charge >= 0.3 is 0 Å². The van der Waals surface area contributed by atoms with Gasteiger partial charge in [-0.15, -0.1) is 0 Å². The number of thiocarbonyl (C=S) groups is 1. The van der Waals surface area contributed by atoms with Crippen LogP contribution in [0.5, 0.6) is 0 Å². The summed E-state index contributed by atoms with van der Waals surface area (Å²) in [5.41, 5.74) is 0. The molecule has 0 bridgehead atoms. The summed E-state index contributed by atoms with van der Waals surface area (Å²) < 4.78 is 0. The van der Waals surface area contributed by atoms with Crippen LogP contribution in [-0.4, -0.2) is 29.7 Å². The minimum Gasteiger partial charge on any atom is -0.299 e. The summed E-state index contributed by atoms with van der Waals surface area (Å²) in [7, 11) is 1.64. The smallest absolute Gasteiger partial charge is 0.254 e. The maximum absolute atomic E-state index is 10.5. The lowest BCUT2D eigenvalue weighted by Crippen LogP contribution is -2.48. The number of carbonyl (C=O) groups is 1. The Labute approximate surface area is 57.7 Å². The third kappa shape index (κ3) is 1.36. The number of hydrogen-bond acceptors (Lipinski definition) is 3. The van der Waals surface area contributed by atoms with Gasteiger partial charge in [0.05, 0.1) is 0 Å². The number of nitrogens with zero attached hydrogens (tertiary/aromatic N) is 1. The van der Waals surface area contributed by atoms with E-state index in [0.29, 0.717) is 5.11 Å². The molecule has 0 aromatic rings. The first-order chi connectivity index (χ1) is 4.20. The van der Waals surface area contributed by atoms with E-state index in [1.165, 1.54) is 5.06 Å². The van der Waals surface area contributed by atoms with Crippen LogP contribution in [0, 0.1) is 0 Å². The second-order valence-electron chi connectivity index (χ2n) is 1.62. The molecule has 1 amide bonds. The van der Waals surface area contributed by atoms with Crippen LogP contribution < -0.4 is 5.32 Å². The summed E-state index contributed by atoms with van der Waals surface area (Å²) in [6.07, 6.45) is 0. The molecule has 0 aromatic heterocycles. The Hall–Kier alpha value is -0.680. The summed E-state index contributed by atoms with van der Waals surface area (Å²) in [4.78, 5) is 15.3. The fourth-order valence-electron chi connectivity index (χ4n) is 0.448. The maximum Gasteiger partial charge on any atom is 0.254 e. The highest BCUT2D eigenvalue weighted by Gasteiger charge is 2.16. The highest BCUT2D eigenvalue weighted by atomic mass is 32.1. The Morgan fingerprint density at radius 3 is 3.00 bits per heavy atom. The number of nitrogens with one attached hydrogen (secondary N) is 1. The van der Waals surface area contributed by atoms with Gasteiger partial charge in [0.2, 0.25) is 0 Å². The van der Waals surface area contributed by atoms with E-state index in [-0.39, 0.29) is 12.5 Å². The zero-order valence-corrected chi connectivity index (χ0v) is 5.70. The van der Waals surface area contributed by atoms with Crippen LogP contribution in [0.1, 0.15) is 0 Å². The standard InChI is InChI=1S/C4H6N2O2S/c1-6-4(9)5-3(7)2-8-6/h2H2,1H3,(H,5,7,9). The molecule has 0 spiro atoms. The van der Waals surface area contributed by atoms with Crippen molar-refractivity contribution in [3.05, 3.63) is 0 Å². The molecule has 1 rings (SSSR count). The molecule has 0 aliphatic carbocycles. The van der Waals surface area contributed by atoms with Crippen LogP contribution in [0.4, 0.5) is 0 Å². The zero-order chi connectivity index (χ0) is 6.85. The molecule has 0 unspecified atom stereocenters. The van der Waals surface area contributed by atoms with Crippen molar-refractivity contribution in [2.75, 3.05) is 13.7 Å². The molecule has 0 atom stereocenters. The SMILES string of the molecule is CN1OCC(=O)NC1=S. The minimum absolute atomic E-state index is 0.0522. The molecule has 4 nitrogen and oxygen atoms in total. The molecule has 0 saturated carbocycles. The normalized spacial score (nSPS) is 19.9. The van der Waals surface area contributed by atoms with Crippen molar-refractivity contribution in [1.82, 2.24) is 10.4 Å². The molecule has 1 heterocycles. The van der Waals surface area contributed by atoms with Gasteiger partial charge in [-0.25, -0.2) is 5.06 Å². The van der Waals surface area contributed by atoms with Gasteiger partial charge in [-0.1, -0.05) is 0 Å². The number of carbonyl (C=O) groups excluding carboxylic acids is 1. The van der Waals surface area contributed by atoms with Crippen molar-refractivity contribution in [3.8, 4) is 0 Å². The summed E-state index contributed by atoms with van der Waals surface area (Å²) in [6.45, 7) is 0.0522. The first-order valence-electron chi connectivity index (χ1n) is 2.40. The molecule has 9 heavy (non-hydrogen) atoms. The summed E-state index contributed by atoms with van der Waals surface area (Å²) in [5.74, 6) is -0.196. The van der Waals surface area contributed by atoms with E-state index in [9.17, 15) is 4.79 Å². The Morgan fingerprint density at radius 1 is 1.89 bits per heavy atom. The Bertz CT molecular complexity index is 159. The van der Waals surface area contributed by atoms with E-state index in [4.69, 9.17) is 4.84 Å². The van der Waals surface area contributed by atoms with Crippen molar-refractivity contribution in [2.45, 2.75) is 0 Å². The summed E-state index contributed by atoms with van der Waals surface area (Å²) in [5, 5.41) is 4.08. The van der Waals surface area contributed by atoms with E-state index < -0.39 is 0 Å². The fraction of sp³-hybridized carbons (Fsp3) is 0.500. The zero-order valence-electron chi connectivity index (χ0n) is 4.88. The van der Waals surface area contributed by atoms with Crippen molar-refractivity contribution in [1.29, 1.82) is 0 Å². The molecule has 5 heteroatoms. The molecule has 1 N–H and O–H groups in total. The predicted octanol–water partition coefficient (Wildman–Crippen LogP) is -0.736. The number of hydroxylamine groups is 2. The molecule has 1 aliphatic rings. The fourth-order valence-corrected chi connectivity index (χ4v) is 0.615. The van der Waals surface area contributed by atoms with Crippen LogP contribution >= 0.6 is 12.2 Å². The van der Waals surface area contributed by atoms with Crippen LogP contribution in [0.25, 0.3) is 0 Å². The second-order valence-corrected chi connectivity index (χ2v) is 2.01. The molecular formula is C4H6N2O2S. The van der Waals surface area contributed by atoms with Gasteiger partial charge in [0.15, 0.2) is 11.7 Å². The molecule has 1 aliphatic heterocycles. The number of amides is 1. The summed E-state index contributed by atoms with van der Waals surface area (Å²) >= 11 is 4.67. The van der Waals surface area contributed by atoms with Gasteiger partial charge in [-0.05, 0) is 12.2 Å². The third-order valence-corrected chi connectivity index (χ3v) is 1.28. The van der Waals surface area contributed by atoms with E-state index in [2.05, 4.69) is 17.5 Å². The largest absolute Gasteiger partial charge is 0.299 e. The van der Waals surface area contributed by atoms with Gasteiger partial charge in [-0.2, -0.15) is 0 Å². The lowest BCUT2D eigenvalue weighted by atomic mass is 10.6. The van der Waals surface area contributed by atoms with Gasteiger partial charge in [0, 0.05) is 7.05 Å². The van der Waals surface area contributed by atoms with Gasteiger partial charge in [-0.3, -0.25) is 14.9 Å². The first kappa shape index (κ1) is 6.44. The first-order valence-corrected chi connectivity index (χ1v) is 2.81. The molecule has 0 radical (unpaired) electrons. The molecule has 1 saturated heterocycles. The van der Waals surface area contributed by atoms with E-state index >= 15 is 0 Å². The van der Waals surface area contributed by atoms with Crippen molar-refractivity contribution < 1.29 is 9.63 Å². The Morgan fingerprint density at radius 2 is 2.56 bits per heavy atom. The Balaban J connectivity index is 2.54. The highest BCUT2D eigenvalue weighted by Crippen LogP contribution is 1.92. The van der Waals surface area contributed by atoms with Gasteiger partial charge in [0.25, 0.3) is 5.91 Å². The molecular weight excluding hydrogens is 140 g/mol. The third-order valence-electron chi connectivity index (χ3n) is 0.922. The lowest BCUT2D eigenvalue weighted by molar-refractivity contribution is -0.146. The topological polar surface area (TPSA) is 41.6 Å². The van der Waals surface area contributed by atoms with Crippen LogP contribution in [0.3, 0.4) is 0 Å². The molecule has 1 fully saturated rings. The van der Waals surface area contributed by atoms with Gasteiger partial charge < -0.3 is 0 Å². The number of hydrogen-bond donors (Lipinski definition) is 1. The average Bonchev–Trinajstić information content (AvgIpc) is 1.80. The minimum atomic E-state index is -0.196. The monoisotopic (exact) mass is 146 g/mol. The van der Waals surface area contributed by atoms with E-state index in [0.717, 1.165) is 0 Å². The van der Waals surface area contributed by atoms with Crippen LogP contribution in [0.15, 0.2) is 0 Å². The Kier molecular flexibility index (Phi) is 1.63. The van der Waals surface area contributed by atoms with Crippen molar-refractivity contribution in [2.24, 2.45) is 0 Å². The summed E-state index contributed by atoms with van der Waals surface area (Å²) in [6, 6.07) is 0. The van der Waals surface area contributed by atoms with E-state index in [1.54, 1.807) is 7.05 Å². The average molecular weight is 146 g/mol. The molecule has 50 valence electrons. The van der Waals surface area contributed by atoms with Crippen molar-refractivity contribution >= 4 is 23.2 Å². The highest BCUT2D eigenvalue weighted by molar-refractivity contribution is 7.80. The maximum atomic E-state index is 10.5. The molecule has 0 aromatic carbocycles. The van der Waals surface area contributed by atoms with Crippen LogP contribution in [-0.2, 0) is 9.63 Å².